The zero-order valence-corrected chi connectivity index (χ0v) is 16.0. The van der Waals surface area contributed by atoms with Crippen molar-refractivity contribution in [2.45, 2.75) is 18.4 Å². The minimum absolute atomic E-state index is 0.00287. The Labute approximate surface area is 157 Å². The quantitative estimate of drug-likeness (QED) is 0.668. The van der Waals surface area contributed by atoms with Crippen LogP contribution in [-0.4, -0.2) is 37.4 Å². The Kier molecular flexibility index (Phi) is 5.31. The molecule has 27 heavy (non-hydrogen) atoms. The molecule has 0 aliphatic heterocycles. The van der Waals surface area contributed by atoms with Crippen LogP contribution in [0.25, 0.3) is 0 Å². The molecule has 0 aliphatic carbocycles. The van der Waals surface area contributed by atoms with Crippen LogP contribution < -0.4 is 14.2 Å². The number of hydrogen-bond donors (Lipinski definition) is 1. The largest absolute Gasteiger partial charge is 0.493 e. The van der Waals surface area contributed by atoms with Gasteiger partial charge in [-0.25, -0.2) is 17.8 Å². The number of rotatable bonds is 7. The van der Waals surface area contributed by atoms with E-state index in [4.69, 9.17) is 9.47 Å². The van der Waals surface area contributed by atoms with E-state index in [1.54, 1.807) is 4.68 Å². The fourth-order valence-corrected chi connectivity index (χ4v) is 3.42. The number of nitrogens with one attached hydrogen (secondary N) is 1. The summed E-state index contributed by atoms with van der Waals surface area (Å²) in [6.45, 7) is 2.51. The van der Waals surface area contributed by atoms with Crippen LogP contribution in [0.2, 0.25) is 0 Å². The van der Waals surface area contributed by atoms with E-state index in [-0.39, 0.29) is 10.8 Å². The molecule has 1 heterocycles. The van der Waals surface area contributed by atoms with E-state index in [1.807, 2.05) is 31.2 Å². The van der Waals surface area contributed by atoms with E-state index in [0.717, 1.165) is 5.56 Å². The van der Waals surface area contributed by atoms with Crippen molar-refractivity contribution in [3.63, 3.8) is 0 Å². The molecule has 0 radical (unpaired) electrons. The van der Waals surface area contributed by atoms with Gasteiger partial charge in [-0.15, -0.1) is 5.10 Å². The Hall–Kier alpha value is -3.07. The molecular formula is C18H20N4O4S. The van der Waals surface area contributed by atoms with Gasteiger partial charge in [-0.3, -0.25) is 0 Å². The van der Waals surface area contributed by atoms with Gasteiger partial charge in [0.1, 0.15) is 6.33 Å². The van der Waals surface area contributed by atoms with Crippen molar-refractivity contribution in [2.75, 3.05) is 18.9 Å². The lowest BCUT2D eigenvalue weighted by Gasteiger charge is -2.10. The maximum absolute atomic E-state index is 12.6. The van der Waals surface area contributed by atoms with Gasteiger partial charge in [0, 0.05) is 6.07 Å². The number of aryl methyl sites for hydroxylation is 1. The molecule has 0 saturated heterocycles. The first-order valence-corrected chi connectivity index (χ1v) is 9.59. The van der Waals surface area contributed by atoms with Gasteiger partial charge < -0.3 is 9.47 Å². The molecule has 0 amide bonds. The highest BCUT2D eigenvalue weighted by Gasteiger charge is 2.19. The van der Waals surface area contributed by atoms with Crippen LogP contribution in [0, 0.1) is 6.92 Å². The van der Waals surface area contributed by atoms with Crippen molar-refractivity contribution in [3.05, 3.63) is 59.9 Å². The number of hydrogen-bond acceptors (Lipinski definition) is 6. The van der Waals surface area contributed by atoms with Crippen LogP contribution in [0.5, 0.6) is 11.5 Å². The zero-order chi connectivity index (χ0) is 19.4. The molecule has 0 aliphatic rings. The number of methoxy groups -OCH3 is 2. The van der Waals surface area contributed by atoms with Gasteiger partial charge in [-0.1, -0.05) is 29.8 Å². The van der Waals surface area contributed by atoms with Gasteiger partial charge in [-0.05, 0) is 24.6 Å². The second-order valence-electron chi connectivity index (χ2n) is 5.87. The first-order valence-electron chi connectivity index (χ1n) is 8.11. The van der Waals surface area contributed by atoms with E-state index >= 15 is 0 Å². The topological polar surface area (TPSA) is 95.3 Å². The summed E-state index contributed by atoms with van der Waals surface area (Å²) in [4.78, 5) is 4.05. The molecule has 0 saturated carbocycles. The summed E-state index contributed by atoms with van der Waals surface area (Å²) < 4.78 is 39.4. The average Bonchev–Trinajstić information content (AvgIpc) is 3.09. The van der Waals surface area contributed by atoms with Crippen molar-refractivity contribution in [2.24, 2.45) is 0 Å². The lowest BCUT2D eigenvalue weighted by molar-refractivity contribution is 0.354. The third kappa shape index (κ3) is 4.37. The average molecular weight is 388 g/mol. The normalized spacial score (nSPS) is 11.2. The summed E-state index contributed by atoms with van der Waals surface area (Å²) in [5.74, 6) is 0.757. The maximum Gasteiger partial charge on any atom is 0.264 e. The fourth-order valence-electron chi connectivity index (χ4n) is 2.46. The van der Waals surface area contributed by atoms with E-state index in [1.165, 1.54) is 44.3 Å². The summed E-state index contributed by atoms with van der Waals surface area (Å²) >= 11 is 0. The third-order valence-corrected chi connectivity index (χ3v) is 5.22. The van der Waals surface area contributed by atoms with Crippen LogP contribution in [-0.2, 0) is 16.6 Å². The molecular weight excluding hydrogens is 368 g/mol. The van der Waals surface area contributed by atoms with Crippen molar-refractivity contribution < 1.29 is 17.9 Å². The van der Waals surface area contributed by atoms with E-state index in [0.29, 0.717) is 18.0 Å². The van der Waals surface area contributed by atoms with Crippen molar-refractivity contribution in [1.82, 2.24) is 14.8 Å². The predicted molar refractivity (Wildman–Crippen MR) is 101 cm³/mol. The van der Waals surface area contributed by atoms with E-state index < -0.39 is 10.0 Å². The van der Waals surface area contributed by atoms with E-state index in [2.05, 4.69) is 14.8 Å². The molecule has 0 unspecified atom stereocenters. The monoisotopic (exact) mass is 388 g/mol. The summed E-state index contributed by atoms with van der Waals surface area (Å²) in [5, 5.41) is 4.17. The summed E-state index contributed by atoms with van der Waals surface area (Å²) in [6, 6.07) is 12.3. The van der Waals surface area contributed by atoms with Crippen LogP contribution >= 0.6 is 0 Å². The maximum atomic E-state index is 12.6. The van der Waals surface area contributed by atoms with Crippen LogP contribution in [0.1, 0.15) is 11.1 Å². The van der Waals surface area contributed by atoms with Crippen molar-refractivity contribution >= 4 is 16.0 Å². The van der Waals surface area contributed by atoms with Gasteiger partial charge >= 0.3 is 0 Å². The Morgan fingerprint density at radius 2 is 1.74 bits per heavy atom. The molecule has 9 heteroatoms. The molecule has 8 nitrogen and oxygen atoms in total. The van der Waals surface area contributed by atoms with Crippen LogP contribution in [0.15, 0.2) is 53.7 Å². The second-order valence-corrected chi connectivity index (χ2v) is 7.56. The second kappa shape index (κ2) is 7.67. The minimum Gasteiger partial charge on any atom is -0.493 e. The molecule has 0 atom stereocenters. The molecule has 1 N–H and O–H groups in total. The Morgan fingerprint density at radius 3 is 2.41 bits per heavy atom. The Morgan fingerprint density at radius 1 is 1.04 bits per heavy atom. The molecule has 2 aromatic carbocycles. The summed E-state index contributed by atoms with van der Waals surface area (Å²) in [6.07, 6.45) is 1.48. The first-order chi connectivity index (χ1) is 12.9. The van der Waals surface area contributed by atoms with Gasteiger partial charge in [0.05, 0.1) is 25.7 Å². The SMILES string of the molecule is COc1ccc(S(=O)(=O)Nc2ncn(Cc3ccc(C)cc3)n2)cc1OC. The van der Waals surface area contributed by atoms with Gasteiger partial charge in [0.2, 0.25) is 0 Å². The lowest BCUT2D eigenvalue weighted by atomic mass is 10.1. The van der Waals surface area contributed by atoms with Crippen LogP contribution in [0.3, 0.4) is 0 Å². The molecule has 1 aromatic heterocycles. The number of nitrogens with zero attached hydrogens (tertiary/aromatic N) is 3. The van der Waals surface area contributed by atoms with E-state index in [9.17, 15) is 8.42 Å². The highest BCUT2D eigenvalue weighted by atomic mass is 32.2. The Bertz CT molecular complexity index is 1030. The number of aromatic nitrogens is 3. The lowest BCUT2D eigenvalue weighted by Crippen LogP contribution is -2.14. The molecule has 0 bridgehead atoms. The molecule has 0 fully saturated rings. The van der Waals surface area contributed by atoms with Crippen LogP contribution in [0.4, 0.5) is 5.95 Å². The number of sulfonamides is 1. The molecule has 3 aromatic rings. The highest BCUT2D eigenvalue weighted by Crippen LogP contribution is 2.29. The first kappa shape index (κ1) is 18.7. The predicted octanol–water partition coefficient (Wildman–Crippen LogP) is 2.45. The zero-order valence-electron chi connectivity index (χ0n) is 15.2. The molecule has 142 valence electrons. The molecule has 0 spiro atoms. The summed E-state index contributed by atoms with van der Waals surface area (Å²) in [5.41, 5.74) is 2.21. The molecule has 3 rings (SSSR count). The van der Waals surface area contributed by atoms with Gasteiger partial charge in [0.25, 0.3) is 16.0 Å². The van der Waals surface area contributed by atoms with Gasteiger partial charge in [-0.2, -0.15) is 4.98 Å². The minimum atomic E-state index is -3.86. The van der Waals surface area contributed by atoms with Gasteiger partial charge in [0.15, 0.2) is 11.5 Å². The van der Waals surface area contributed by atoms with Crippen molar-refractivity contribution in [1.29, 1.82) is 0 Å². The third-order valence-electron chi connectivity index (χ3n) is 3.89. The smallest absolute Gasteiger partial charge is 0.264 e. The standard InChI is InChI=1S/C18H20N4O4S/c1-13-4-6-14(7-5-13)11-22-12-19-18(20-22)21-27(23,24)15-8-9-16(25-2)17(10-15)26-3/h4-10,12H,11H2,1-3H3,(H,20,21). The number of benzene rings is 2. The Balaban J connectivity index is 1.76. The summed E-state index contributed by atoms with van der Waals surface area (Å²) in [7, 11) is -0.938. The fraction of sp³-hybridized carbons (Fsp3) is 0.222. The number of ether oxygens (including phenoxy) is 2. The number of anilines is 1. The highest BCUT2D eigenvalue weighted by molar-refractivity contribution is 7.92. The van der Waals surface area contributed by atoms with Crippen molar-refractivity contribution in [3.8, 4) is 11.5 Å².